The first-order valence-electron chi connectivity index (χ1n) is 8.48. The van der Waals surface area contributed by atoms with Crippen molar-refractivity contribution in [3.63, 3.8) is 0 Å². The average Bonchev–Trinajstić information content (AvgIpc) is 2.51. The van der Waals surface area contributed by atoms with Gasteiger partial charge in [-0.15, -0.1) is 0 Å². The summed E-state index contributed by atoms with van der Waals surface area (Å²) in [6, 6.07) is 7.29. The van der Waals surface area contributed by atoms with E-state index in [-0.39, 0.29) is 18.5 Å². The first kappa shape index (κ1) is 18.7. The van der Waals surface area contributed by atoms with Gasteiger partial charge >= 0.3 is 6.03 Å². The Labute approximate surface area is 148 Å². The second-order valence-corrected chi connectivity index (χ2v) is 7.06. The number of carbonyl (C=O) groups excluding carboxylic acids is 2. The lowest BCUT2D eigenvalue weighted by Crippen LogP contribution is -2.49. The van der Waals surface area contributed by atoms with Crippen LogP contribution in [-0.2, 0) is 11.3 Å². The van der Waals surface area contributed by atoms with Crippen molar-refractivity contribution in [2.24, 2.45) is 5.92 Å². The molecule has 5 nitrogen and oxygen atoms in total. The molecule has 2 atom stereocenters. The molecule has 1 aromatic rings. The van der Waals surface area contributed by atoms with Crippen LogP contribution in [-0.4, -0.2) is 36.5 Å². The Morgan fingerprint density at radius 1 is 1.25 bits per heavy atom. The van der Waals surface area contributed by atoms with Gasteiger partial charge in [0.1, 0.15) is 0 Å². The van der Waals surface area contributed by atoms with E-state index in [1.54, 1.807) is 0 Å². The third-order valence-corrected chi connectivity index (χ3v) is 4.86. The minimum Gasteiger partial charge on any atom is -0.335 e. The molecule has 1 aliphatic carbocycles. The number of urea groups is 1. The number of carbonyl (C=O) groups is 2. The van der Waals surface area contributed by atoms with E-state index < -0.39 is 6.03 Å². The van der Waals surface area contributed by atoms with Crippen molar-refractivity contribution in [2.45, 2.75) is 45.2 Å². The number of nitrogens with zero attached hydrogens (tertiary/aromatic N) is 1. The second kappa shape index (κ2) is 9.04. The van der Waals surface area contributed by atoms with E-state index in [4.69, 9.17) is 11.6 Å². The summed E-state index contributed by atoms with van der Waals surface area (Å²) in [6.45, 7) is 2.83. The summed E-state index contributed by atoms with van der Waals surface area (Å²) in [6.07, 6.45) is 4.45. The first-order chi connectivity index (χ1) is 11.5. The largest absolute Gasteiger partial charge is 0.335 e. The van der Waals surface area contributed by atoms with Crippen molar-refractivity contribution < 1.29 is 9.59 Å². The molecule has 2 N–H and O–H groups in total. The Bertz CT molecular complexity index is 579. The number of hydrogen-bond donors (Lipinski definition) is 2. The molecule has 1 aromatic carbocycles. The van der Waals surface area contributed by atoms with Crippen LogP contribution in [0.1, 0.15) is 38.2 Å². The number of hydrogen-bond acceptors (Lipinski definition) is 3. The number of rotatable bonds is 5. The zero-order chi connectivity index (χ0) is 17.5. The van der Waals surface area contributed by atoms with Crippen LogP contribution in [0.5, 0.6) is 0 Å². The monoisotopic (exact) mass is 351 g/mol. The molecule has 0 aromatic heterocycles. The zero-order valence-electron chi connectivity index (χ0n) is 14.3. The smallest absolute Gasteiger partial charge is 0.321 e. The summed E-state index contributed by atoms with van der Waals surface area (Å²) in [5.74, 6) is 0.146. The minimum atomic E-state index is -0.398. The lowest BCUT2D eigenvalue weighted by atomic mass is 9.86. The summed E-state index contributed by atoms with van der Waals surface area (Å²) in [4.78, 5) is 25.8. The van der Waals surface area contributed by atoms with Gasteiger partial charge in [-0.2, -0.15) is 0 Å². The maximum absolute atomic E-state index is 12.0. The average molecular weight is 352 g/mol. The van der Waals surface area contributed by atoms with E-state index in [9.17, 15) is 9.59 Å². The third-order valence-electron chi connectivity index (χ3n) is 4.49. The zero-order valence-corrected chi connectivity index (χ0v) is 15.1. The van der Waals surface area contributed by atoms with Gasteiger partial charge in [-0.3, -0.25) is 15.0 Å². The van der Waals surface area contributed by atoms with Gasteiger partial charge in [-0.1, -0.05) is 49.6 Å². The Hall–Kier alpha value is -1.59. The van der Waals surface area contributed by atoms with Gasteiger partial charge in [0, 0.05) is 17.6 Å². The molecule has 3 amide bonds. The highest BCUT2D eigenvalue weighted by Crippen LogP contribution is 2.23. The van der Waals surface area contributed by atoms with Crippen LogP contribution in [0.2, 0.25) is 5.02 Å². The summed E-state index contributed by atoms with van der Waals surface area (Å²) < 4.78 is 0. The van der Waals surface area contributed by atoms with E-state index >= 15 is 0 Å². The van der Waals surface area contributed by atoms with Crippen LogP contribution < -0.4 is 10.6 Å². The Morgan fingerprint density at radius 3 is 2.67 bits per heavy atom. The predicted molar refractivity (Wildman–Crippen MR) is 95.9 cm³/mol. The van der Waals surface area contributed by atoms with Gasteiger partial charge in [-0.05, 0) is 37.4 Å². The molecular weight excluding hydrogens is 326 g/mol. The van der Waals surface area contributed by atoms with Gasteiger partial charge in [0.2, 0.25) is 5.91 Å². The van der Waals surface area contributed by atoms with Crippen LogP contribution in [0.25, 0.3) is 0 Å². The van der Waals surface area contributed by atoms with E-state index in [1.807, 2.05) is 36.2 Å². The lowest BCUT2D eigenvalue weighted by molar-refractivity contribution is -0.121. The molecule has 0 aliphatic heterocycles. The van der Waals surface area contributed by atoms with Gasteiger partial charge in [0.05, 0.1) is 6.54 Å². The number of likely N-dealkylation sites (N-methyl/N-ethyl adjacent to an activating group) is 1. The van der Waals surface area contributed by atoms with Crippen LogP contribution in [0.3, 0.4) is 0 Å². The molecule has 24 heavy (non-hydrogen) atoms. The summed E-state index contributed by atoms with van der Waals surface area (Å²) in [5, 5.41) is 6.01. The van der Waals surface area contributed by atoms with Crippen molar-refractivity contribution >= 4 is 23.5 Å². The molecule has 1 fully saturated rings. The highest BCUT2D eigenvalue weighted by atomic mass is 35.5. The van der Waals surface area contributed by atoms with Gasteiger partial charge in [0.25, 0.3) is 0 Å². The fraction of sp³-hybridized carbons (Fsp3) is 0.556. The Balaban J connectivity index is 1.75. The molecule has 2 rings (SSSR count). The molecule has 0 bridgehead atoms. The van der Waals surface area contributed by atoms with Crippen LogP contribution in [0.15, 0.2) is 24.3 Å². The standard InChI is InChI=1S/C18H26ClN3O2/c1-13-7-3-6-10-16(13)20-18(24)21-17(23)12-22(2)11-14-8-4-5-9-15(14)19/h4-5,8-9,13,16H,3,6-7,10-12H2,1-2H3,(H2,20,21,23,24). The fourth-order valence-electron chi connectivity index (χ4n) is 3.12. The van der Waals surface area contributed by atoms with E-state index in [0.29, 0.717) is 17.5 Å². The molecule has 0 spiro atoms. The highest BCUT2D eigenvalue weighted by molar-refractivity contribution is 6.31. The predicted octanol–water partition coefficient (Wildman–Crippen LogP) is 3.18. The number of nitrogens with one attached hydrogen (secondary N) is 2. The van der Waals surface area contributed by atoms with Crippen LogP contribution in [0.4, 0.5) is 4.79 Å². The Morgan fingerprint density at radius 2 is 1.96 bits per heavy atom. The summed E-state index contributed by atoms with van der Waals surface area (Å²) in [5.41, 5.74) is 0.954. The number of benzene rings is 1. The summed E-state index contributed by atoms with van der Waals surface area (Å²) in [7, 11) is 1.82. The van der Waals surface area contributed by atoms with E-state index in [2.05, 4.69) is 17.6 Å². The van der Waals surface area contributed by atoms with Crippen molar-refractivity contribution in [3.8, 4) is 0 Å². The summed E-state index contributed by atoms with van der Waals surface area (Å²) >= 11 is 6.12. The van der Waals surface area contributed by atoms with Crippen molar-refractivity contribution in [1.82, 2.24) is 15.5 Å². The normalized spacial score (nSPS) is 20.7. The van der Waals surface area contributed by atoms with Crippen LogP contribution in [0, 0.1) is 5.92 Å². The molecule has 0 saturated heterocycles. The molecule has 0 heterocycles. The second-order valence-electron chi connectivity index (χ2n) is 6.65. The van der Waals surface area contributed by atoms with Crippen molar-refractivity contribution in [2.75, 3.05) is 13.6 Å². The van der Waals surface area contributed by atoms with E-state index in [1.165, 1.54) is 6.42 Å². The third kappa shape index (κ3) is 5.80. The van der Waals surface area contributed by atoms with Gasteiger partial charge < -0.3 is 5.32 Å². The molecule has 0 radical (unpaired) electrons. The maximum Gasteiger partial charge on any atom is 0.321 e. The van der Waals surface area contributed by atoms with Crippen LogP contribution >= 0.6 is 11.6 Å². The first-order valence-corrected chi connectivity index (χ1v) is 8.86. The molecule has 1 aliphatic rings. The fourth-order valence-corrected chi connectivity index (χ4v) is 3.32. The SMILES string of the molecule is CC1CCCCC1NC(=O)NC(=O)CN(C)Cc1ccccc1Cl. The molecular formula is C18H26ClN3O2. The van der Waals surface area contributed by atoms with Gasteiger partial charge in [0.15, 0.2) is 0 Å². The lowest BCUT2D eigenvalue weighted by Gasteiger charge is -2.29. The minimum absolute atomic E-state index is 0.138. The number of halogens is 1. The quantitative estimate of drug-likeness (QED) is 0.856. The topological polar surface area (TPSA) is 61.4 Å². The van der Waals surface area contributed by atoms with Crippen molar-refractivity contribution in [3.05, 3.63) is 34.9 Å². The molecule has 1 saturated carbocycles. The Kier molecular flexibility index (Phi) is 7.06. The van der Waals surface area contributed by atoms with Crippen molar-refractivity contribution in [1.29, 1.82) is 0 Å². The van der Waals surface area contributed by atoms with E-state index in [0.717, 1.165) is 24.8 Å². The molecule has 6 heteroatoms. The number of amides is 3. The highest BCUT2D eigenvalue weighted by Gasteiger charge is 2.23. The molecule has 132 valence electrons. The maximum atomic E-state index is 12.0. The number of imide groups is 1. The molecule has 2 unspecified atom stereocenters. The van der Waals surface area contributed by atoms with Gasteiger partial charge in [-0.25, -0.2) is 4.79 Å².